The summed E-state index contributed by atoms with van der Waals surface area (Å²) in [6, 6.07) is 19.9. The van der Waals surface area contributed by atoms with Crippen LogP contribution in [0.2, 0.25) is 0 Å². The maximum absolute atomic E-state index is 13.0. The second-order valence-corrected chi connectivity index (χ2v) is 7.78. The number of hydrogen-bond donors (Lipinski definition) is 1. The number of rotatable bonds is 8. The summed E-state index contributed by atoms with van der Waals surface area (Å²) >= 11 is 0. The maximum atomic E-state index is 13.0. The minimum atomic E-state index is -0.0769. The van der Waals surface area contributed by atoms with E-state index in [1.54, 1.807) is 7.11 Å². The van der Waals surface area contributed by atoms with Gasteiger partial charge in [-0.3, -0.25) is 9.69 Å². The number of benzene rings is 3. The van der Waals surface area contributed by atoms with Crippen molar-refractivity contribution in [1.82, 2.24) is 10.2 Å². The number of morpholine rings is 1. The number of nitrogens with zero attached hydrogens (tertiary/aromatic N) is 1. The summed E-state index contributed by atoms with van der Waals surface area (Å²) in [7, 11) is 1.65. The average Bonchev–Trinajstić information content (AvgIpc) is 2.85. The zero-order valence-corrected chi connectivity index (χ0v) is 18.7. The van der Waals surface area contributed by atoms with Crippen LogP contribution in [0.25, 0.3) is 10.8 Å². The molecule has 0 saturated carbocycles. The van der Waals surface area contributed by atoms with Crippen LogP contribution < -0.4 is 14.8 Å². The third-order valence-electron chi connectivity index (χ3n) is 5.83. The first-order valence-corrected chi connectivity index (χ1v) is 11.1. The number of carbonyl (C=O) groups excluding carboxylic acids is 1. The van der Waals surface area contributed by atoms with Gasteiger partial charge in [-0.15, -0.1) is 0 Å². The van der Waals surface area contributed by atoms with Gasteiger partial charge in [0.15, 0.2) is 11.5 Å². The van der Waals surface area contributed by atoms with Gasteiger partial charge in [0.1, 0.15) is 0 Å². The van der Waals surface area contributed by atoms with Crippen LogP contribution in [0.5, 0.6) is 11.5 Å². The van der Waals surface area contributed by atoms with Gasteiger partial charge in [0.2, 0.25) is 0 Å². The fraction of sp³-hybridized carbons (Fsp3) is 0.346. The number of nitrogens with one attached hydrogen (secondary N) is 1. The lowest BCUT2D eigenvalue weighted by Crippen LogP contribution is -2.43. The lowest BCUT2D eigenvalue weighted by atomic mass is 10.0. The quantitative estimate of drug-likeness (QED) is 0.580. The van der Waals surface area contributed by atoms with Gasteiger partial charge in [0.05, 0.1) is 33.0 Å². The number of hydrogen-bond acceptors (Lipinski definition) is 5. The predicted octanol–water partition coefficient (Wildman–Crippen LogP) is 4.05. The SMILES string of the molecule is CCOc1ccc([C@H](CNC(=O)c2ccc3ccccc3c2)N2CCOCC2)cc1OC. The molecule has 168 valence electrons. The second kappa shape index (κ2) is 10.5. The molecule has 1 N–H and O–H groups in total. The van der Waals surface area contributed by atoms with Gasteiger partial charge in [-0.25, -0.2) is 0 Å². The molecule has 0 bridgehead atoms. The molecule has 3 aromatic rings. The summed E-state index contributed by atoms with van der Waals surface area (Å²) < 4.78 is 16.8. The third-order valence-corrected chi connectivity index (χ3v) is 5.83. The Morgan fingerprint density at radius 2 is 1.81 bits per heavy atom. The molecule has 1 amide bonds. The Hall–Kier alpha value is -3.09. The molecule has 0 radical (unpaired) electrons. The van der Waals surface area contributed by atoms with E-state index in [4.69, 9.17) is 14.2 Å². The molecule has 6 nitrogen and oxygen atoms in total. The van der Waals surface area contributed by atoms with Crippen molar-refractivity contribution in [2.24, 2.45) is 0 Å². The summed E-state index contributed by atoms with van der Waals surface area (Å²) in [5, 5.41) is 5.32. The van der Waals surface area contributed by atoms with E-state index in [2.05, 4.69) is 16.3 Å². The number of carbonyl (C=O) groups is 1. The van der Waals surface area contributed by atoms with Crippen molar-refractivity contribution in [1.29, 1.82) is 0 Å². The normalized spacial score (nSPS) is 15.3. The highest BCUT2D eigenvalue weighted by Crippen LogP contribution is 2.32. The molecular formula is C26H30N2O4. The Bertz CT molecular complexity index is 1060. The fourth-order valence-electron chi connectivity index (χ4n) is 4.14. The second-order valence-electron chi connectivity index (χ2n) is 7.78. The zero-order chi connectivity index (χ0) is 22.3. The van der Waals surface area contributed by atoms with Crippen molar-refractivity contribution in [3.05, 3.63) is 71.8 Å². The molecule has 1 aliphatic rings. The number of methoxy groups -OCH3 is 1. The van der Waals surface area contributed by atoms with Crippen LogP contribution in [-0.2, 0) is 4.74 Å². The molecule has 1 atom stereocenters. The third kappa shape index (κ3) is 5.03. The average molecular weight is 435 g/mol. The van der Waals surface area contributed by atoms with Gasteiger partial charge in [0.25, 0.3) is 5.91 Å². The fourth-order valence-corrected chi connectivity index (χ4v) is 4.14. The Morgan fingerprint density at radius 3 is 2.56 bits per heavy atom. The first kappa shape index (κ1) is 22.1. The van der Waals surface area contributed by atoms with Crippen LogP contribution in [0.3, 0.4) is 0 Å². The Balaban J connectivity index is 1.54. The van der Waals surface area contributed by atoms with Crippen molar-refractivity contribution in [3.8, 4) is 11.5 Å². The van der Waals surface area contributed by atoms with Gasteiger partial charge in [-0.05, 0) is 47.5 Å². The topological polar surface area (TPSA) is 60.0 Å². The lowest BCUT2D eigenvalue weighted by molar-refractivity contribution is 0.0162. The van der Waals surface area contributed by atoms with Crippen molar-refractivity contribution in [2.45, 2.75) is 13.0 Å². The standard InChI is InChI=1S/C26H30N2O4/c1-3-32-24-11-10-21(17-25(24)30-2)23(28-12-14-31-15-13-28)18-27-26(29)22-9-8-19-6-4-5-7-20(19)16-22/h4-11,16-17,23H,3,12-15,18H2,1-2H3,(H,27,29)/t23-/m0/s1. The molecule has 4 rings (SSSR count). The number of fused-ring (bicyclic) bond motifs is 1. The highest BCUT2D eigenvalue weighted by atomic mass is 16.5. The smallest absolute Gasteiger partial charge is 0.251 e. The van der Waals surface area contributed by atoms with E-state index in [9.17, 15) is 4.79 Å². The van der Waals surface area contributed by atoms with Gasteiger partial charge in [0, 0.05) is 25.2 Å². The molecule has 1 saturated heterocycles. The highest BCUT2D eigenvalue weighted by molar-refractivity contribution is 5.98. The summed E-state index contributed by atoms with van der Waals surface area (Å²) in [6.07, 6.45) is 0. The lowest BCUT2D eigenvalue weighted by Gasteiger charge is -2.35. The molecule has 0 unspecified atom stereocenters. The van der Waals surface area contributed by atoms with E-state index in [1.807, 2.05) is 61.5 Å². The van der Waals surface area contributed by atoms with E-state index in [-0.39, 0.29) is 11.9 Å². The van der Waals surface area contributed by atoms with Crippen LogP contribution in [0.15, 0.2) is 60.7 Å². The van der Waals surface area contributed by atoms with E-state index < -0.39 is 0 Å². The van der Waals surface area contributed by atoms with Crippen molar-refractivity contribution < 1.29 is 19.0 Å². The van der Waals surface area contributed by atoms with Crippen molar-refractivity contribution in [2.75, 3.05) is 46.6 Å². The van der Waals surface area contributed by atoms with Crippen LogP contribution in [0, 0.1) is 0 Å². The van der Waals surface area contributed by atoms with E-state index >= 15 is 0 Å². The highest BCUT2D eigenvalue weighted by Gasteiger charge is 2.24. The molecule has 1 aliphatic heterocycles. The summed E-state index contributed by atoms with van der Waals surface area (Å²) in [5.74, 6) is 1.34. The summed E-state index contributed by atoms with van der Waals surface area (Å²) in [6.45, 7) is 6.00. The Morgan fingerprint density at radius 1 is 1.03 bits per heavy atom. The minimum absolute atomic E-state index is 0.00730. The predicted molar refractivity (Wildman–Crippen MR) is 126 cm³/mol. The Kier molecular flexibility index (Phi) is 7.24. The van der Waals surface area contributed by atoms with Gasteiger partial charge in [-0.1, -0.05) is 36.4 Å². The van der Waals surface area contributed by atoms with Crippen LogP contribution >= 0.6 is 0 Å². The monoisotopic (exact) mass is 434 g/mol. The minimum Gasteiger partial charge on any atom is -0.493 e. The summed E-state index contributed by atoms with van der Waals surface area (Å²) in [4.78, 5) is 15.3. The molecule has 1 fully saturated rings. The molecule has 32 heavy (non-hydrogen) atoms. The summed E-state index contributed by atoms with van der Waals surface area (Å²) in [5.41, 5.74) is 1.74. The van der Waals surface area contributed by atoms with E-state index in [1.165, 1.54) is 0 Å². The Labute approximate surface area is 189 Å². The van der Waals surface area contributed by atoms with Crippen LogP contribution in [-0.4, -0.2) is 57.4 Å². The maximum Gasteiger partial charge on any atom is 0.251 e. The first-order valence-electron chi connectivity index (χ1n) is 11.1. The van der Waals surface area contributed by atoms with Crippen LogP contribution in [0.4, 0.5) is 0 Å². The van der Waals surface area contributed by atoms with Crippen LogP contribution in [0.1, 0.15) is 28.9 Å². The largest absolute Gasteiger partial charge is 0.493 e. The molecular weight excluding hydrogens is 404 g/mol. The van der Waals surface area contributed by atoms with Crippen molar-refractivity contribution >= 4 is 16.7 Å². The van der Waals surface area contributed by atoms with E-state index in [0.717, 1.165) is 35.2 Å². The van der Waals surface area contributed by atoms with Gasteiger partial charge in [-0.2, -0.15) is 0 Å². The molecule has 1 heterocycles. The zero-order valence-electron chi connectivity index (χ0n) is 18.7. The van der Waals surface area contributed by atoms with Crippen molar-refractivity contribution in [3.63, 3.8) is 0 Å². The van der Waals surface area contributed by atoms with E-state index in [0.29, 0.717) is 37.7 Å². The molecule has 0 aliphatic carbocycles. The molecule has 3 aromatic carbocycles. The molecule has 0 spiro atoms. The van der Waals surface area contributed by atoms with Gasteiger partial charge < -0.3 is 19.5 Å². The first-order chi connectivity index (χ1) is 15.7. The number of amides is 1. The number of ether oxygens (including phenoxy) is 3. The van der Waals surface area contributed by atoms with Gasteiger partial charge >= 0.3 is 0 Å². The molecule has 0 aromatic heterocycles. The molecule has 6 heteroatoms.